The Bertz CT molecular complexity index is 486. The first-order valence-electron chi connectivity index (χ1n) is 6.41. The van der Waals surface area contributed by atoms with Crippen molar-refractivity contribution in [2.24, 2.45) is 11.8 Å². The fraction of sp³-hybridized carbons (Fsp3) is 0.429. The predicted molar refractivity (Wildman–Crippen MR) is 75.4 cm³/mol. The molecule has 2 aromatic rings. The van der Waals surface area contributed by atoms with Gasteiger partial charge in [0, 0.05) is 22.8 Å². The predicted octanol–water partition coefficient (Wildman–Crippen LogP) is 2.83. The Morgan fingerprint density at radius 1 is 1.28 bits per heavy atom. The summed E-state index contributed by atoms with van der Waals surface area (Å²) >= 11 is 1.84. The Morgan fingerprint density at radius 2 is 2.06 bits per heavy atom. The zero-order chi connectivity index (χ0) is 12.4. The SMILES string of the molecule is NNC(c1cc2ccccc2s1)C1CCOCC1. The minimum absolute atomic E-state index is 0.256. The molecule has 0 bridgehead atoms. The van der Waals surface area contributed by atoms with Crippen LogP contribution in [0.2, 0.25) is 0 Å². The van der Waals surface area contributed by atoms with Gasteiger partial charge in [-0.1, -0.05) is 18.2 Å². The molecule has 3 rings (SSSR count). The number of hydrazine groups is 1. The van der Waals surface area contributed by atoms with E-state index in [1.54, 1.807) is 0 Å². The van der Waals surface area contributed by atoms with Crippen LogP contribution in [0, 0.1) is 5.92 Å². The van der Waals surface area contributed by atoms with Gasteiger partial charge in [0.15, 0.2) is 0 Å². The van der Waals surface area contributed by atoms with Crippen LogP contribution in [0.25, 0.3) is 10.1 Å². The van der Waals surface area contributed by atoms with E-state index in [4.69, 9.17) is 10.6 Å². The molecule has 1 fully saturated rings. The van der Waals surface area contributed by atoms with Crippen molar-refractivity contribution in [1.29, 1.82) is 0 Å². The molecule has 1 unspecified atom stereocenters. The summed E-state index contributed by atoms with van der Waals surface area (Å²) in [5.74, 6) is 6.35. The Morgan fingerprint density at radius 3 is 2.78 bits per heavy atom. The molecule has 4 heteroatoms. The molecular weight excluding hydrogens is 244 g/mol. The van der Waals surface area contributed by atoms with Crippen LogP contribution in [0.3, 0.4) is 0 Å². The smallest absolute Gasteiger partial charge is 0.0583 e. The number of ether oxygens (including phenoxy) is 1. The van der Waals surface area contributed by atoms with Gasteiger partial charge in [-0.25, -0.2) is 0 Å². The molecule has 3 nitrogen and oxygen atoms in total. The highest BCUT2D eigenvalue weighted by Crippen LogP contribution is 2.36. The van der Waals surface area contributed by atoms with Crippen LogP contribution in [-0.2, 0) is 4.74 Å². The zero-order valence-corrected chi connectivity index (χ0v) is 11.1. The van der Waals surface area contributed by atoms with Crippen molar-refractivity contribution >= 4 is 21.4 Å². The Hall–Kier alpha value is -0.940. The second-order valence-corrected chi connectivity index (χ2v) is 5.90. The van der Waals surface area contributed by atoms with Gasteiger partial charge in [0.1, 0.15) is 0 Å². The number of thiophene rings is 1. The molecule has 1 aliphatic rings. The molecule has 0 radical (unpaired) electrons. The van der Waals surface area contributed by atoms with E-state index in [1.165, 1.54) is 15.0 Å². The Balaban J connectivity index is 1.90. The molecule has 0 amide bonds. The van der Waals surface area contributed by atoms with E-state index in [1.807, 2.05) is 11.3 Å². The summed E-state index contributed by atoms with van der Waals surface area (Å²) < 4.78 is 6.76. The van der Waals surface area contributed by atoms with Crippen molar-refractivity contribution in [3.05, 3.63) is 35.2 Å². The second kappa shape index (κ2) is 5.36. The molecule has 2 heterocycles. The second-order valence-electron chi connectivity index (χ2n) is 4.78. The molecule has 1 saturated heterocycles. The van der Waals surface area contributed by atoms with Gasteiger partial charge in [-0.15, -0.1) is 11.3 Å². The van der Waals surface area contributed by atoms with E-state index in [2.05, 4.69) is 35.8 Å². The van der Waals surface area contributed by atoms with E-state index >= 15 is 0 Å². The van der Waals surface area contributed by atoms with E-state index in [-0.39, 0.29) is 6.04 Å². The van der Waals surface area contributed by atoms with Crippen LogP contribution in [0.5, 0.6) is 0 Å². The summed E-state index contributed by atoms with van der Waals surface area (Å²) in [6.45, 7) is 1.71. The third-order valence-corrected chi connectivity index (χ3v) is 4.87. The Labute approximate surface area is 111 Å². The van der Waals surface area contributed by atoms with Gasteiger partial charge >= 0.3 is 0 Å². The van der Waals surface area contributed by atoms with Gasteiger partial charge in [0.2, 0.25) is 0 Å². The maximum Gasteiger partial charge on any atom is 0.0583 e. The minimum atomic E-state index is 0.256. The largest absolute Gasteiger partial charge is 0.381 e. The summed E-state index contributed by atoms with van der Waals surface area (Å²) in [5, 5.41) is 1.31. The first-order chi connectivity index (χ1) is 8.88. The van der Waals surface area contributed by atoms with Crippen LogP contribution >= 0.6 is 11.3 Å². The highest BCUT2D eigenvalue weighted by Gasteiger charge is 2.25. The number of benzene rings is 1. The number of fused-ring (bicyclic) bond motifs is 1. The third kappa shape index (κ3) is 2.29. The third-order valence-electron chi connectivity index (χ3n) is 3.67. The first-order valence-corrected chi connectivity index (χ1v) is 7.22. The van der Waals surface area contributed by atoms with Gasteiger partial charge in [-0.2, -0.15) is 0 Å². The molecule has 0 spiro atoms. The summed E-state index contributed by atoms with van der Waals surface area (Å²) in [6.07, 6.45) is 2.17. The molecule has 0 saturated carbocycles. The lowest BCUT2D eigenvalue weighted by Crippen LogP contribution is -2.35. The molecule has 0 aliphatic carbocycles. The number of nitrogens with one attached hydrogen (secondary N) is 1. The molecule has 18 heavy (non-hydrogen) atoms. The van der Waals surface area contributed by atoms with Crippen molar-refractivity contribution in [1.82, 2.24) is 5.43 Å². The van der Waals surface area contributed by atoms with Crippen LogP contribution in [-0.4, -0.2) is 13.2 Å². The van der Waals surface area contributed by atoms with E-state index < -0.39 is 0 Å². The van der Waals surface area contributed by atoms with Crippen molar-refractivity contribution in [2.75, 3.05) is 13.2 Å². The van der Waals surface area contributed by atoms with Gasteiger partial charge in [0.25, 0.3) is 0 Å². The van der Waals surface area contributed by atoms with Crippen molar-refractivity contribution in [3.8, 4) is 0 Å². The lowest BCUT2D eigenvalue weighted by atomic mass is 9.91. The highest BCUT2D eigenvalue weighted by atomic mass is 32.1. The lowest BCUT2D eigenvalue weighted by molar-refractivity contribution is 0.0541. The van der Waals surface area contributed by atoms with Crippen molar-refractivity contribution in [3.63, 3.8) is 0 Å². The molecule has 96 valence electrons. The number of hydrogen-bond acceptors (Lipinski definition) is 4. The van der Waals surface area contributed by atoms with E-state index in [0.29, 0.717) is 5.92 Å². The minimum Gasteiger partial charge on any atom is -0.381 e. The quantitative estimate of drug-likeness (QED) is 0.660. The summed E-state index contributed by atoms with van der Waals surface area (Å²) in [5.41, 5.74) is 3.00. The van der Waals surface area contributed by atoms with Gasteiger partial charge in [-0.05, 0) is 36.3 Å². The maximum absolute atomic E-state index is 5.77. The van der Waals surface area contributed by atoms with Gasteiger partial charge in [-0.3, -0.25) is 11.3 Å². The molecule has 1 aromatic heterocycles. The Kier molecular flexibility index (Phi) is 3.61. The number of hydrogen-bond donors (Lipinski definition) is 2. The number of nitrogens with two attached hydrogens (primary N) is 1. The molecule has 3 N–H and O–H groups in total. The number of rotatable bonds is 3. The lowest BCUT2D eigenvalue weighted by Gasteiger charge is -2.29. The topological polar surface area (TPSA) is 47.3 Å². The molecule has 1 aliphatic heterocycles. The summed E-state index contributed by atoms with van der Waals surface area (Å²) in [4.78, 5) is 1.34. The van der Waals surface area contributed by atoms with E-state index in [0.717, 1.165) is 26.1 Å². The molecular formula is C14H18N2OS. The monoisotopic (exact) mass is 262 g/mol. The van der Waals surface area contributed by atoms with E-state index in [9.17, 15) is 0 Å². The van der Waals surface area contributed by atoms with Crippen LogP contribution < -0.4 is 11.3 Å². The normalized spacial score (nSPS) is 19.2. The highest BCUT2D eigenvalue weighted by molar-refractivity contribution is 7.19. The van der Waals surface area contributed by atoms with Gasteiger partial charge < -0.3 is 4.74 Å². The summed E-state index contributed by atoms with van der Waals surface area (Å²) in [7, 11) is 0. The fourth-order valence-corrected chi connectivity index (χ4v) is 3.87. The van der Waals surface area contributed by atoms with Crippen LogP contribution in [0.1, 0.15) is 23.8 Å². The maximum atomic E-state index is 5.77. The zero-order valence-electron chi connectivity index (χ0n) is 10.3. The van der Waals surface area contributed by atoms with Crippen LogP contribution in [0.4, 0.5) is 0 Å². The summed E-state index contributed by atoms with van der Waals surface area (Å²) in [6, 6.07) is 11.0. The van der Waals surface area contributed by atoms with Crippen LogP contribution in [0.15, 0.2) is 30.3 Å². The standard InChI is InChI=1S/C14H18N2OS/c15-16-14(10-5-7-17-8-6-10)13-9-11-3-1-2-4-12(11)18-13/h1-4,9-10,14,16H,5-8,15H2. The van der Waals surface area contributed by atoms with Crippen molar-refractivity contribution in [2.45, 2.75) is 18.9 Å². The fourth-order valence-electron chi connectivity index (χ4n) is 2.66. The molecule has 1 atom stereocenters. The average molecular weight is 262 g/mol. The first kappa shape index (κ1) is 12.1. The molecule has 1 aromatic carbocycles. The van der Waals surface area contributed by atoms with Crippen molar-refractivity contribution < 1.29 is 4.74 Å². The van der Waals surface area contributed by atoms with Gasteiger partial charge in [0.05, 0.1) is 6.04 Å². The average Bonchev–Trinajstić information content (AvgIpc) is 2.84.